The summed E-state index contributed by atoms with van der Waals surface area (Å²) in [5, 5.41) is 112. The number of nitrogens with two attached hydrogens (primary N) is 1. The summed E-state index contributed by atoms with van der Waals surface area (Å²) >= 11 is 0. The van der Waals surface area contributed by atoms with Gasteiger partial charge in [-0.15, -0.1) is 0 Å². The first-order chi connectivity index (χ1) is 25.5. The number of aliphatic hydroxyl groups is 10. The Labute approximate surface area is 308 Å². The zero-order valence-electron chi connectivity index (χ0n) is 29.5. The van der Waals surface area contributed by atoms with Crippen molar-refractivity contribution in [3.63, 3.8) is 0 Å². The molecule has 0 bridgehead atoms. The molecule has 0 radical (unpaired) electrons. The van der Waals surface area contributed by atoms with E-state index >= 15 is 0 Å². The number of rotatable bonds is 13. The van der Waals surface area contributed by atoms with Crippen molar-refractivity contribution < 1.29 is 98.6 Å². The van der Waals surface area contributed by atoms with E-state index in [0.29, 0.717) is 0 Å². The maximum Gasteiger partial charge on any atom is 0.217 e. The Bertz CT molecular complexity index is 1260. The molecule has 4 heterocycles. The van der Waals surface area contributed by atoms with Crippen LogP contribution in [0, 0.1) is 0 Å². The molecule has 24 nitrogen and oxygen atoms in total. The summed E-state index contributed by atoms with van der Waals surface area (Å²) in [5.41, 5.74) is 5.98. The highest BCUT2D eigenvalue weighted by Gasteiger charge is 2.56. The topological polar surface area (TPSA) is 380 Å². The van der Waals surface area contributed by atoms with Crippen LogP contribution < -0.4 is 21.7 Å². The zero-order chi connectivity index (χ0) is 40.2. The summed E-state index contributed by atoms with van der Waals surface area (Å²) in [4.78, 5) is 36.3. The molecule has 312 valence electrons. The van der Waals surface area contributed by atoms with Crippen LogP contribution in [0.15, 0.2) is 0 Å². The van der Waals surface area contributed by atoms with Crippen molar-refractivity contribution in [3.8, 4) is 0 Å². The summed E-state index contributed by atoms with van der Waals surface area (Å²) in [7, 11) is 0. The number of hydrogen-bond acceptors (Lipinski definition) is 21. The highest BCUT2D eigenvalue weighted by Crippen LogP contribution is 2.34. The van der Waals surface area contributed by atoms with Crippen molar-refractivity contribution in [1.29, 1.82) is 0 Å². The molecule has 4 rings (SSSR count). The molecule has 20 atom stereocenters. The van der Waals surface area contributed by atoms with Gasteiger partial charge in [-0.25, -0.2) is 0 Å². The number of amides is 3. The Morgan fingerprint density at radius 2 is 0.833 bits per heavy atom. The largest absolute Gasteiger partial charge is 0.394 e. The molecule has 0 aromatic heterocycles. The molecule has 15 N–H and O–H groups in total. The van der Waals surface area contributed by atoms with E-state index in [1.807, 2.05) is 0 Å². The Morgan fingerprint density at radius 3 is 1.22 bits per heavy atom. The van der Waals surface area contributed by atoms with E-state index in [2.05, 4.69) is 16.0 Å². The van der Waals surface area contributed by atoms with E-state index in [0.717, 1.165) is 20.8 Å². The summed E-state index contributed by atoms with van der Waals surface area (Å²) in [5.74, 6) is -2.11. The second-order valence-electron chi connectivity index (χ2n) is 13.4. The number of carbonyl (C=O) groups is 3. The van der Waals surface area contributed by atoms with Gasteiger partial charge >= 0.3 is 0 Å². The minimum absolute atomic E-state index is 0.655. The van der Waals surface area contributed by atoms with E-state index in [4.69, 9.17) is 38.9 Å². The minimum Gasteiger partial charge on any atom is -0.394 e. The number of nitrogens with one attached hydrogen (secondary N) is 3. The van der Waals surface area contributed by atoms with Crippen LogP contribution in [0.5, 0.6) is 0 Å². The molecule has 4 fully saturated rings. The molecule has 54 heavy (non-hydrogen) atoms. The molecular weight excluding hydrogens is 736 g/mol. The van der Waals surface area contributed by atoms with Crippen molar-refractivity contribution in [2.24, 2.45) is 5.73 Å². The maximum atomic E-state index is 12.3. The van der Waals surface area contributed by atoms with Gasteiger partial charge in [0.25, 0.3) is 0 Å². The molecule has 0 aromatic rings. The SMILES string of the molecule is CC(=O)NC1C(O)OC(CO)C(OC2OC(CO)C(OC3OC(CO)C(OC4OC(CO)C(O)C(O)C4N)C(O)C3NC(C)=O)C(O)C2NC(C)=O)C1O. The smallest absolute Gasteiger partial charge is 0.217 e. The fourth-order valence-corrected chi connectivity index (χ4v) is 6.81. The lowest BCUT2D eigenvalue weighted by Crippen LogP contribution is -2.71. The van der Waals surface area contributed by atoms with Crippen LogP contribution in [-0.2, 0) is 47.5 Å². The minimum atomic E-state index is -1.87. The van der Waals surface area contributed by atoms with Crippen molar-refractivity contribution in [3.05, 3.63) is 0 Å². The van der Waals surface area contributed by atoms with Crippen LogP contribution in [0.1, 0.15) is 20.8 Å². The fourth-order valence-electron chi connectivity index (χ4n) is 6.81. The number of hydrogen-bond donors (Lipinski definition) is 14. The van der Waals surface area contributed by atoms with E-state index in [1.54, 1.807) is 0 Å². The van der Waals surface area contributed by atoms with E-state index < -0.39 is 167 Å². The molecule has 4 aliphatic rings. The average Bonchev–Trinajstić information content (AvgIpc) is 3.12. The molecule has 4 aliphatic heterocycles. The Kier molecular flexibility index (Phi) is 15.8. The van der Waals surface area contributed by atoms with Gasteiger partial charge in [-0.3, -0.25) is 14.4 Å². The first-order valence-electron chi connectivity index (χ1n) is 17.1. The van der Waals surface area contributed by atoms with Gasteiger partial charge in [-0.05, 0) is 0 Å². The van der Waals surface area contributed by atoms with E-state index in [9.17, 15) is 65.4 Å². The summed E-state index contributed by atoms with van der Waals surface area (Å²) < 4.78 is 40.3. The van der Waals surface area contributed by atoms with Gasteiger partial charge in [0, 0.05) is 20.8 Å². The average molecular weight is 789 g/mol. The van der Waals surface area contributed by atoms with Crippen LogP contribution in [0.3, 0.4) is 0 Å². The third-order valence-electron chi connectivity index (χ3n) is 9.49. The second kappa shape index (κ2) is 19.2. The van der Waals surface area contributed by atoms with Gasteiger partial charge in [0.05, 0.1) is 32.5 Å². The molecule has 4 saturated heterocycles. The molecule has 0 aromatic carbocycles. The van der Waals surface area contributed by atoms with Gasteiger partial charge in [-0.2, -0.15) is 0 Å². The molecule has 3 amide bonds. The number of ether oxygens (including phenoxy) is 7. The Morgan fingerprint density at radius 1 is 0.500 bits per heavy atom. The third-order valence-corrected chi connectivity index (χ3v) is 9.49. The predicted molar refractivity (Wildman–Crippen MR) is 171 cm³/mol. The molecule has 0 saturated carbocycles. The lowest BCUT2D eigenvalue weighted by molar-refractivity contribution is -0.361. The molecular formula is C30H52N4O20. The standard InChI is InChI=1S/C30H52N4O20/c1-8(39)32-16-21(44)24(12(5-36)48-27(16)47)53-29-18(34-10(3)41)23(46)26(14(7-38)51-29)54-30-17(33-9(2)40)22(45)25(13(6-37)50-30)52-28-15(31)20(43)19(42)11(4-35)49-28/h11-30,35-38,42-47H,4-7,31H2,1-3H3,(H,32,39)(H,33,40)(H,34,41). The monoisotopic (exact) mass is 788 g/mol. The Balaban J connectivity index is 1.59. The quantitative estimate of drug-likeness (QED) is 0.0824. The van der Waals surface area contributed by atoms with Crippen LogP contribution >= 0.6 is 0 Å². The number of aliphatic hydroxyl groups excluding tert-OH is 10. The lowest BCUT2D eigenvalue weighted by Gasteiger charge is -2.50. The van der Waals surface area contributed by atoms with Gasteiger partial charge in [-0.1, -0.05) is 0 Å². The predicted octanol–water partition coefficient (Wildman–Crippen LogP) is -9.35. The third kappa shape index (κ3) is 9.79. The van der Waals surface area contributed by atoms with Gasteiger partial charge in [0.2, 0.25) is 17.7 Å². The molecule has 20 unspecified atom stereocenters. The van der Waals surface area contributed by atoms with Crippen LogP contribution in [0.2, 0.25) is 0 Å². The van der Waals surface area contributed by atoms with Crippen LogP contribution in [-0.4, -0.2) is 218 Å². The van der Waals surface area contributed by atoms with Gasteiger partial charge in [0.15, 0.2) is 25.2 Å². The lowest BCUT2D eigenvalue weighted by atomic mass is 9.93. The second-order valence-corrected chi connectivity index (χ2v) is 13.4. The number of carbonyl (C=O) groups excluding carboxylic acids is 3. The zero-order valence-corrected chi connectivity index (χ0v) is 29.5. The molecule has 0 spiro atoms. The van der Waals surface area contributed by atoms with E-state index in [-0.39, 0.29) is 0 Å². The van der Waals surface area contributed by atoms with Crippen molar-refractivity contribution in [1.82, 2.24) is 16.0 Å². The van der Waals surface area contributed by atoms with Crippen LogP contribution in [0.4, 0.5) is 0 Å². The summed E-state index contributed by atoms with van der Waals surface area (Å²) in [6.07, 6.45) is -26.1. The Hall–Kier alpha value is -2.31. The van der Waals surface area contributed by atoms with E-state index in [1.165, 1.54) is 0 Å². The van der Waals surface area contributed by atoms with Crippen molar-refractivity contribution in [2.75, 3.05) is 26.4 Å². The van der Waals surface area contributed by atoms with Crippen molar-refractivity contribution in [2.45, 2.75) is 143 Å². The van der Waals surface area contributed by atoms with Crippen molar-refractivity contribution >= 4 is 17.7 Å². The first-order valence-corrected chi connectivity index (χ1v) is 17.1. The highest BCUT2D eigenvalue weighted by atomic mass is 16.8. The summed E-state index contributed by atoms with van der Waals surface area (Å²) in [6, 6.07) is -6.00. The fraction of sp³-hybridized carbons (Fsp3) is 0.900. The normalized spacial score (nSPS) is 45.7. The van der Waals surface area contributed by atoms with Crippen LogP contribution in [0.25, 0.3) is 0 Å². The van der Waals surface area contributed by atoms with Gasteiger partial charge in [0.1, 0.15) is 91.4 Å². The maximum absolute atomic E-state index is 12.3. The summed E-state index contributed by atoms with van der Waals surface area (Å²) in [6.45, 7) is -0.0467. The first kappa shape index (κ1) is 44.4. The van der Waals surface area contributed by atoms with Gasteiger partial charge < -0.3 is 106 Å². The molecule has 0 aliphatic carbocycles. The highest BCUT2D eigenvalue weighted by molar-refractivity contribution is 5.74. The molecule has 24 heteroatoms.